The molecule has 1 N–H and O–H groups in total. The Kier molecular flexibility index (Phi) is 5.80. The first-order valence-electron chi connectivity index (χ1n) is 8.21. The van der Waals surface area contributed by atoms with Gasteiger partial charge in [0, 0.05) is 25.2 Å². The van der Waals surface area contributed by atoms with Crippen LogP contribution in [0.2, 0.25) is 0 Å². The average Bonchev–Trinajstić information content (AvgIpc) is 2.48. The molecular weight excluding hydrogens is 260 g/mol. The van der Waals surface area contributed by atoms with Crippen LogP contribution in [0.1, 0.15) is 57.1 Å². The molecule has 1 saturated carbocycles. The van der Waals surface area contributed by atoms with Gasteiger partial charge in [0.2, 0.25) is 5.91 Å². The lowest BCUT2D eigenvalue weighted by atomic mass is 9.93. The topological polar surface area (TPSA) is 32.3 Å². The minimum absolute atomic E-state index is 0.000757. The zero-order valence-corrected chi connectivity index (χ0v) is 13.6. The zero-order chi connectivity index (χ0) is 15.2. The van der Waals surface area contributed by atoms with Gasteiger partial charge in [-0.2, -0.15) is 0 Å². The van der Waals surface area contributed by atoms with Crippen molar-refractivity contribution in [3.05, 3.63) is 29.3 Å². The third-order valence-electron chi connectivity index (χ3n) is 4.44. The minimum atomic E-state index is 0.000757. The summed E-state index contributed by atoms with van der Waals surface area (Å²) in [6.45, 7) is 7.92. The zero-order valence-electron chi connectivity index (χ0n) is 13.6. The van der Waals surface area contributed by atoms with Gasteiger partial charge in [0.05, 0.1) is 0 Å². The second-order valence-corrected chi connectivity index (χ2v) is 6.20. The van der Waals surface area contributed by atoms with Crippen LogP contribution in [-0.4, -0.2) is 23.4 Å². The summed E-state index contributed by atoms with van der Waals surface area (Å²) in [5.74, 6) is 0.000757. The third-order valence-corrected chi connectivity index (χ3v) is 4.44. The molecule has 0 heterocycles. The lowest BCUT2D eigenvalue weighted by Crippen LogP contribution is -2.36. The summed E-state index contributed by atoms with van der Waals surface area (Å²) in [6.07, 6.45) is 6.72. The molecule has 0 radical (unpaired) electrons. The van der Waals surface area contributed by atoms with E-state index in [-0.39, 0.29) is 5.91 Å². The Balaban J connectivity index is 2.15. The first-order valence-corrected chi connectivity index (χ1v) is 8.21. The first-order chi connectivity index (χ1) is 10.1. The fourth-order valence-electron chi connectivity index (χ4n) is 3.33. The largest absolute Gasteiger partial charge is 0.326 e. The van der Waals surface area contributed by atoms with E-state index >= 15 is 0 Å². The molecule has 1 amide bonds. The maximum atomic E-state index is 11.4. The number of anilines is 1. The predicted octanol–water partition coefficient (Wildman–Crippen LogP) is 4.11. The number of hydrogen-bond acceptors (Lipinski definition) is 2. The molecule has 3 nitrogen and oxygen atoms in total. The van der Waals surface area contributed by atoms with Gasteiger partial charge in [-0.15, -0.1) is 0 Å². The van der Waals surface area contributed by atoms with Gasteiger partial charge in [0.15, 0.2) is 0 Å². The minimum Gasteiger partial charge on any atom is -0.326 e. The van der Waals surface area contributed by atoms with Crippen LogP contribution in [0.5, 0.6) is 0 Å². The number of nitrogens with one attached hydrogen (secondary N) is 1. The van der Waals surface area contributed by atoms with E-state index in [2.05, 4.69) is 36.2 Å². The molecule has 21 heavy (non-hydrogen) atoms. The predicted molar refractivity (Wildman–Crippen MR) is 88.4 cm³/mol. The molecule has 1 aliphatic rings. The highest BCUT2D eigenvalue weighted by Crippen LogP contribution is 2.26. The summed E-state index contributed by atoms with van der Waals surface area (Å²) in [7, 11) is 0. The lowest BCUT2D eigenvalue weighted by molar-refractivity contribution is -0.114. The van der Waals surface area contributed by atoms with Crippen LogP contribution in [0.15, 0.2) is 18.2 Å². The van der Waals surface area contributed by atoms with E-state index in [0.29, 0.717) is 6.04 Å². The summed E-state index contributed by atoms with van der Waals surface area (Å²) >= 11 is 0. The molecule has 1 aliphatic carbocycles. The average molecular weight is 288 g/mol. The Labute approximate surface area is 128 Å². The van der Waals surface area contributed by atoms with E-state index in [1.54, 1.807) is 6.92 Å². The van der Waals surface area contributed by atoms with Crippen molar-refractivity contribution >= 4 is 11.6 Å². The Morgan fingerprint density at radius 1 is 1.29 bits per heavy atom. The highest BCUT2D eigenvalue weighted by Gasteiger charge is 2.20. The van der Waals surface area contributed by atoms with Gasteiger partial charge in [0.1, 0.15) is 0 Å². The van der Waals surface area contributed by atoms with Gasteiger partial charge >= 0.3 is 0 Å². The highest BCUT2D eigenvalue weighted by atomic mass is 16.1. The molecule has 116 valence electrons. The Morgan fingerprint density at radius 2 is 2.00 bits per heavy atom. The van der Waals surface area contributed by atoms with Crippen molar-refractivity contribution in [3.8, 4) is 0 Å². The molecule has 0 atom stereocenters. The van der Waals surface area contributed by atoms with Crippen molar-refractivity contribution in [2.24, 2.45) is 0 Å². The summed E-state index contributed by atoms with van der Waals surface area (Å²) in [6, 6.07) is 7.00. The maximum absolute atomic E-state index is 11.4. The smallest absolute Gasteiger partial charge is 0.221 e. The second-order valence-electron chi connectivity index (χ2n) is 6.20. The molecule has 0 spiro atoms. The molecule has 0 aliphatic heterocycles. The van der Waals surface area contributed by atoms with Crippen LogP contribution in [0.4, 0.5) is 5.69 Å². The van der Waals surface area contributed by atoms with Crippen molar-refractivity contribution in [2.75, 3.05) is 11.9 Å². The maximum Gasteiger partial charge on any atom is 0.221 e. The number of amides is 1. The molecule has 1 fully saturated rings. The van der Waals surface area contributed by atoms with Crippen molar-refractivity contribution < 1.29 is 4.79 Å². The van der Waals surface area contributed by atoms with Crippen molar-refractivity contribution in [1.29, 1.82) is 0 Å². The van der Waals surface area contributed by atoms with Gasteiger partial charge in [0.25, 0.3) is 0 Å². The number of rotatable bonds is 5. The van der Waals surface area contributed by atoms with E-state index in [0.717, 1.165) is 18.8 Å². The Bertz CT molecular complexity index is 478. The Hall–Kier alpha value is -1.35. The number of nitrogens with zero attached hydrogens (tertiary/aromatic N) is 1. The van der Waals surface area contributed by atoms with Gasteiger partial charge < -0.3 is 5.32 Å². The normalized spacial score (nSPS) is 16.2. The van der Waals surface area contributed by atoms with Crippen LogP contribution < -0.4 is 5.32 Å². The summed E-state index contributed by atoms with van der Waals surface area (Å²) < 4.78 is 0. The fourth-order valence-corrected chi connectivity index (χ4v) is 3.33. The van der Waals surface area contributed by atoms with Crippen LogP contribution in [0.25, 0.3) is 0 Å². The quantitative estimate of drug-likeness (QED) is 0.884. The van der Waals surface area contributed by atoms with Crippen LogP contribution in [0, 0.1) is 6.92 Å². The van der Waals surface area contributed by atoms with E-state index < -0.39 is 0 Å². The first kappa shape index (κ1) is 16.0. The van der Waals surface area contributed by atoms with Crippen LogP contribution >= 0.6 is 0 Å². The number of hydrogen-bond donors (Lipinski definition) is 1. The van der Waals surface area contributed by atoms with Crippen molar-refractivity contribution in [1.82, 2.24) is 4.90 Å². The summed E-state index contributed by atoms with van der Waals surface area (Å²) in [5, 5.41) is 2.97. The molecule has 1 aromatic carbocycles. The Morgan fingerprint density at radius 3 is 2.62 bits per heavy atom. The van der Waals surface area contributed by atoms with Gasteiger partial charge in [-0.1, -0.05) is 43.9 Å². The monoisotopic (exact) mass is 288 g/mol. The summed E-state index contributed by atoms with van der Waals surface area (Å²) in [5.41, 5.74) is 3.44. The molecular formula is C18H28N2O. The van der Waals surface area contributed by atoms with Gasteiger partial charge in [-0.05, 0) is 37.9 Å². The van der Waals surface area contributed by atoms with E-state index in [9.17, 15) is 4.79 Å². The third kappa shape index (κ3) is 4.57. The highest BCUT2D eigenvalue weighted by molar-refractivity contribution is 5.89. The molecule has 3 heteroatoms. The number of benzene rings is 1. The van der Waals surface area contributed by atoms with Gasteiger partial charge in [-0.25, -0.2) is 0 Å². The number of aryl methyl sites for hydroxylation is 1. The number of carbonyl (C=O) groups excluding carboxylic acids is 1. The lowest BCUT2D eigenvalue weighted by Gasteiger charge is -2.34. The molecule has 0 aromatic heterocycles. The van der Waals surface area contributed by atoms with E-state index in [1.807, 2.05) is 6.07 Å². The van der Waals surface area contributed by atoms with E-state index in [4.69, 9.17) is 0 Å². The standard InChI is InChI=1S/C18H28N2O/c1-4-20(17-8-6-5-7-9-17)13-16-12-14(2)10-11-18(16)19-15(3)21/h10-12,17H,4-9,13H2,1-3H3,(H,19,21). The molecule has 0 bridgehead atoms. The molecule has 1 aromatic rings. The summed E-state index contributed by atoms with van der Waals surface area (Å²) in [4.78, 5) is 14.0. The molecule has 2 rings (SSSR count). The molecule has 0 saturated heterocycles. The fraction of sp³-hybridized carbons (Fsp3) is 0.611. The van der Waals surface area contributed by atoms with E-state index in [1.165, 1.54) is 43.2 Å². The van der Waals surface area contributed by atoms with Gasteiger partial charge in [-0.3, -0.25) is 9.69 Å². The SMILES string of the molecule is CCN(Cc1cc(C)ccc1NC(C)=O)C1CCCCC1. The number of carbonyl (C=O) groups is 1. The van der Waals surface area contributed by atoms with Crippen molar-refractivity contribution in [2.45, 2.75) is 65.5 Å². The van der Waals surface area contributed by atoms with Crippen LogP contribution in [0.3, 0.4) is 0 Å². The second kappa shape index (κ2) is 7.60. The molecule has 0 unspecified atom stereocenters. The van der Waals surface area contributed by atoms with Crippen molar-refractivity contribution in [3.63, 3.8) is 0 Å². The van der Waals surface area contributed by atoms with Crippen LogP contribution in [-0.2, 0) is 11.3 Å².